The molecule has 314 valence electrons. The monoisotopic (exact) mass is 844 g/mol. The Hall–Kier alpha value is -7.94. The Morgan fingerprint density at radius 3 is 1.61 bits per heavy atom. The van der Waals surface area contributed by atoms with Crippen LogP contribution in [0.2, 0.25) is 0 Å². The second kappa shape index (κ2) is 14.3. The molecule has 0 unspecified atom stereocenters. The van der Waals surface area contributed by atoms with Gasteiger partial charge in [0.1, 0.15) is 0 Å². The van der Waals surface area contributed by atoms with Crippen molar-refractivity contribution in [3.05, 3.63) is 241 Å². The maximum Gasteiger partial charge on any atom is 0.0541 e. The molecule has 11 aromatic rings. The zero-order chi connectivity index (χ0) is 44.3. The first-order valence-electron chi connectivity index (χ1n) is 23.3. The van der Waals surface area contributed by atoms with Gasteiger partial charge in [0.25, 0.3) is 0 Å². The molecule has 10 aromatic carbocycles. The van der Waals surface area contributed by atoms with Gasteiger partial charge in [-0.05, 0) is 139 Å². The van der Waals surface area contributed by atoms with Crippen molar-refractivity contribution < 1.29 is 0 Å². The van der Waals surface area contributed by atoms with Gasteiger partial charge in [-0.3, -0.25) is 0 Å². The van der Waals surface area contributed by atoms with E-state index in [-0.39, 0.29) is 10.8 Å². The topological polar surface area (TPSA) is 8.17 Å². The molecule has 2 nitrogen and oxygen atoms in total. The first kappa shape index (κ1) is 38.5. The van der Waals surface area contributed by atoms with Crippen molar-refractivity contribution in [1.82, 2.24) is 4.57 Å². The Kier molecular flexibility index (Phi) is 8.33. The van der Waals surface area contributed by atoms with Gasteiger partial charge in [-0.1, -0.05) is 179 Å². The van der Waals surface area contributed by atoms with E-state index in [0.717, 1.165) is 11.4 Å². The van der Waals surface area contributed by atoms with Crippen LogP contribution in [0, 0.1) is 0 Å². The molecule has 0 spiro atoms. The molecule has 66 heavy (non-hydrogen) atoms. The maximum atomic E-state index is 2.50. The van der Waals surface area contributed by atoms with Gasteiger partial charge in [0.2, 0.25) is 0 Å². The van der Waals surface area contributed by atoms with Crippen LogP contribution < -0.4 is 4.90 Å². The molecule has 1 aromatic heterocycles. The normalized spacial score (nSPS) is 14.0. The molecule has 2 heteroatoms. The van der Waals surface area contributed by atoms with Gasteiger partial charge in [0.05, 0.1) is 16.7 Å². The van der Waals surface area contributed by atoms with Gasteiger partial charge < -0.3 is 9.47 Å². The first-order valence-corrected chi connectivity index (χ1v) is 23.3. The molecular weight excluding hydrogens is 797 g/mol. The van der Waals surface area contributed by atoms with Crippen LogP contribution in [0.1, 0.15) is 49.9 Å². The lowest BCUT2D eigenvalue weighted by Gasteiger charge is -2.30. The highest BCUT2D eigenvalue weighted by molar-refractivity contribution is 6.10. The van der Waals surface area contributed by atoms with Crippen molar-refractivity contribution >= 4 is 49.6 Å². The summed E-state index contributed by atoms with van der Waals surface area (Å²) in [7, 11) is 0. The van der Waals surface area contributed by atoms with Crippen molar-refractivity contribution in [2.24, 2.45) is 0 Å². The molecule has 0 N–H and O–H groups in total. The highest BCUT2D eigenvalue weighted by atomic mass is 15.1. The summed E-state index contributed by atoms with van der Waals surface area (Å²) in [5.74, 6) is 0. The highest BCUT2D eigenvalue weighted by Gasteiger charge is 2.38. The second-order valence-electron chi connectivity index (χ2n) is 19.3. The molecule has 1 heterocycles. The van der Waals surface area contributed by atoms with Crippen LogP contribution in [0.3, 0.4) is 0 Å². The lowest BCUT2D eigenvalue weighted by molar-refractivity contribution is 0.660. The second-order valence-corrected chi connectivity index (χ2v) is 19.3. The minimum atomic E-state index is -0.227. The fraction of sp³-hybridized carbons (Fsp3) is 0.0938. The number of fused-ring (bicyclic) bond motifs is 10. The number of aromatic nitrogens is 1. The number of benzene rings is 10. The summed E-state index contributed by atoms with van der Waals surface area (Å²) < 4.78 is 2.41. The van der Waals surface area contributed by atoms with E-state index in [4.69, 9.17) is 0 Å². The zero-order valence-electron chi connectivity index (χ0n) is 37.7. The van der Waals surface area contributed by atoms with Gasteiger partial charge in [0.15, 0.2) is 0 Å². The fourth-order valence-electron chi connectivity index (χ4n) is 11.6. The summed E-state index contributed by atoms with van der Waals surface area (Å²) in [6.45, 7) is 9.55. The molecule has 2 aliphatic carbocycles. The molecule has 0 aliphatic heterocycles. The molecule has 0 radical (unpaired) electrons. The predicted molar refractivity (Wildman–Crippen MR) is 279 cm³/mol. The SMILES string of the molecule is CC1(C)c2ccccc2-c2ccc(N(c3ccc4c(c3)C(C)(C)c3cc(-c5ccc6c(c5)c5ccccc5n6-c5ccc(-c6ccccc6)cc5)ccc3-4)c3cccc4ccccc34)cc21. The van der Waals surface area contributed by atoms with Gasteiger partial charge in [-0.2, -0.15) is 0 Å². The molecule has 0 saturated carbocycles. The lowest BCUT2D eigenvalue weighted by Crippen LogP contribution is -2.18. The highest BCUT2D eigenvalue weighted by Crippen LogP contribution is 2.54. The van der Waals surface area contributed by atoms with Gasteiger partial charge in [-0.25, -0.2) is 0 Å². The number of rotatable bonds is 6. The first-order chi connectivity index (χ1) is 32.2. The number of anilines is 3. The molecular formula is C64H48N2. The van der Waals surface area contributed by atoms with Crippen molar-refractivity contribution in [2.45, 2.75) is 38.5 Å². The average molecular weight is 845 g/mol. The number of hydrogen-bond acceptors (Lipinski definition) is 1. The van der Waals surface area contributed by atoms with Crippen LogP contribution in [0.4, 0.5) is 17.1 Å². The third-order valence-corrected chi connectivity index (χ3v) is 15.0. The van der Waals surface area contributed by atoms with E-state index in [1.165, 1.54) is 111 Å². The summed E-state index contributed by atoms with van der Waals surface area (Å²) >= 11 is 0. The van der Waals surface area contributed by atoms with Crippen LogP contribution in [0.15, 0.2) is 218 Å². The molecule has 0 bridgehead atoms. The van der Waals surface area contributed by atoms with Gasteiger partial charge in [-0.15, -0.1) is 0 Å². The number of para-hydroxylation sites is 1. The predicted octanol–water partition coefficient (Wildman–Crippen LogP) is 17.4. The minimum Gasteiger partial charge on any atom is -0.310 e. The minimum absolute atomic E-state index is 0.109. The van der Waals surface area contributed by atoms with E-state index in [1.807, 2.05) is 0 Å². The molecule has 2 aliphatic rings. The van der Waals surface area contributed by atoms with Crippen LogP contribution in [0.25, 0.3) is 82.8 Å². The quantitative estimate of drug-likeness (QED) is 0.162. The average Bonchev–Trinajstić information content (AvgIpc) is 3.90. The molecule has 0 saturated heterocycles. The van der Waals surface area contributed by atoms with Crippen LogP contribution in [-0.2, 0) is 10.8 Å². The molecule has 0 amide bonds. The lowest BCUT2D eigenvalue weighted by atomic mass is 9.81. The fourth-order valence-corrected chi connectivity index (χ4v) is 11.6. The molecule has 0 atom stereocenters. The van der Waals surface area contributed by atoms with Crippen molar-refractivity contribution in [3.63, 3.8) is 0 Å². The smallest absolute Gasteiger partial charge is 0.0541 e. The summed E-state index contributed by atoms with van der Waals surface area (Å²) in [6, 6.07) is 81.3. The Balaban J connectivity index is 0.900. The van der Waals surface area contributed by atoms with Gasteiger partial charge in [0, 0.05) is 44.1 Å². The maximum absolute atomic E-state index is 2.50. The Bertz CT molecular complexity index is 3750. The van der Waals surface area contributed by atoms with Gasteiger partial charge >= 0.3 is 0 Å². The largest absolute Gasteiger partial charge is 0.310 e. The van der Waals surface area contributed by atoms with E-state index in [2.05, 4.69) is 256 Å². The van der Waals surface area contributed by atoms with E-state index in [0.29, 0.717) is 0 Å². The molecule has 13 rings (SSSR count). The Morgan fingerprint density at radius 1 is 0.333 bits per heavy atom. The van der Waals surface area contributed by atoms with Crippen molar-refractivity contribution in [2.75, 3.05) is 4.90 Å². The Labute approximate surface area is 386 Å². The number of nitrogens with zero attached hydrogens (tertiary/aromatic N) is 2. The van der Waals surface area contributed by atoms with Crippen LogP contribution in [-0.4, -0.2) is 4.57 Å². The van der Waals surface area contributed by atoms with E-state index >= 15 is 0 Å². The summed E-state index contributed by atoms with van der Waals surface area (Å²) in [6.07, 6.45) is 0. The van der Waals surface area contributed by atoms with Crippen molar-refractivity contribution in [3.8, 4) is 50.2 Å². The van der Waals surface area contributed by atoms with E-state index < -0.39 is 0 Å². The zero-order valence-corrected chi connectivity index (χ0v) is 37.7. The van der Waals surface area contributed by atoms with E-state index in [9.17, 15) is 0 Å². The Morgan fingerprint density at radius 2 is 0.848 bits per heavy atom. The van der Waals surface area contributed by atoms with E-state index in [1.54, 1.807) is 0 Å². The third kappa shape index (κ3) is 5.67. The number of hydrogen-bond donors (Lipinski definition) is 0. The molecule has 0 fully saturated rings. The third-order valence-electron chi connectivity index (χ3n) is 15.0. The van der Waals surface area contributed by atoms with Crippen LogP contribution >= 0.6 is 0 Å². The van der Waals surface area contributed by atoms with Crippen molar-refractivity contribution in [1.29, 1.82) is 0 Å². The summed E-state index contributed by atoms with van der Waals surface area (Å²) in [5.41, 5.74) is 22.4. The summed E-state index contributed by atoms with van der Waals surface area (Å²) in [5, 5.41) is 4.98. The standard InChI is InChI=1S/C64H48N2/c1-63(2)56-22-12-10-20-50(56)52-34-31-47(39-58(52)63)65(60-24-14-18-43-17-8-9-19-49(43)60)48-32-35-53-51-33-27-45(38-57(51)64(3,4)59(53)40-48)44-28-36-62-55(37-44)54-21-11-13-23-61(54)66(62)46-29-25-42(26-30-46)41-15-6-5-7-16-41/h5-40H,1-4H3. The van der Waals surface area contributed by atoms with Crippen LogP contribution in [0.5, 0.6) is 0 Å². The summed E-state index contributed by atoms with van der Waals surface area (Å²) in [4.78, 5) is 2.50.